The van der Waals surface area contributed by atoms with Crippen LogP contribution < -0.4 is 5.32 Å². The lowest BCUT2D eigenvalue weighted by Gasteiger charge is -2.08. The van der Waals surface area contributed by atoms with Gasteiger partial charge in [-0.15, -0.1) is 11.3 Å². The van der Waals surface area contributed by atoms with Crippen LogP contribution in [0.1, 0.15) is 25.6 Å². The zero-order chi connectivity index (χ0) is 13.1. The first-order valence-corrected chi connectivity index (χ1v) is 7.43. The van der Waals surface area contributed by atoms with Crippen molar-refractivity contribution in [2.24, 2.45) is 0 Å². The molecule has 5 heteroatoms. The maximum absolute atomic E-state index is 13.2. The van der Waals surface area contributed by atoms with E-state index in [1.54, 1.807) is 23.5 Å². The third-order valence-corrected chi connectivity index (χ3v) is 4.16. The van der Waals surface area contributed by atoms with Crippen LogP contribution in [-0.2, 0) is 0 Å². The summed E-state index contributed by atoms with van der Waals surface area (Å²) >= 11 is 4.77. The van der Waals surface area contributed by atoms with Crippen LogP contribution in [0.2, 0.25) is 0 Å². The maximum atomic E-state index is 13.2. The smallest absolute Gasteiger partial charge is 0.137 e. The lowest BCUT2D eigenvalue weighted by atomic mass is 10.2. The van der Waals surface area contributed by atoms with Crippen molar-refractivity contribution in [3.05, 3.63) is 39.6 Å². The minimum atomic E-state index is -0.253. The standard InChI is InChI=1S/C13H14BrFN2S/c1-3-16-8(2)12-7-18-13(17-12)9-4-5-11(15)10(14)6-9/h4-8,16H,3H2,1-2H3. The molecule has 0 aliphatic rings. The highest BCUT2D eigenvalue weighted by Gasteiger charge is 2.11. The van der Waals surface area contributed by atoms with Gasteiger partial charge in [-0.05, 0) is 47.6 Å². The fourth-order valence-electron chi connectivity index (χ4n) is 1.66. The van der Waals surface area contributed by atoms with Gasteiger partial charge in [-0.3, -0.25) is 0 Å². The molecule has 1 unspecified atom stereocenters. The Kier molecular flexibility index (Phi) is 4.48. The van der Waals surface area contributed by atoms with Crippen molar-refractivity contribution in [2.45, 2.75) is 19.9 Å². The van der Waals surface area contributed by atoms with Gasteiger partial charge in [-0.1, -0.05) is 6.92 Å². The zero-order valence-electron chi connectivity index (χ0n) is 10.2. The van der Waals surface area contributed by atoms with E-state index >= 15 is 0 Å². The number of aromatic nitrogens is 1. The molecule has 0 saturated carbocycles. The van der Waals surface area contributed by atoms with Gasteiger partial charge < -0.3 is 5.32 Å². The summed E-state index contributed by atoms with van der Waals surface area (Å²) in [5.41, 5.74) is 1.96. The monoisotopic (exact) mass is 328 g/mol. The summed E-state index contributed by atoms with van der Waals surface area (Å²) in [6.07, 6.45) is 0. The fourth-order valence-corrected chi connectivity index (χ4v) is 2.95. The molecule has 0 bridgehead atoms. The van der Waals surface area contributed by atoms with Gasteiger partial charge in [0.1, 0.15) is 10.8 Å². The van der Waals surface area contributed by atoms with Gasteiger partial charge in [0.2, 0.25) is 0 Å². The van der Waals surface area contributed by atoms with Crippen molar-refractivity contribution in [3.8, 4) is 10.6 Å². The summed E-state index contributed by atoms with van der Waals surface area (Å²) in [6.45, 7) is 5.07. The van der Waals surface area contributed by atoms with Crippen LogP contribution in [0.3, 0.4) is 0 Å². The minimum Gasteiger partial charge on any atom is -0.309 e. The second-order valence-corrected chi connectivity index (χ2v) is 5.70. The Labute approximate surface area is 118 Å². The van der Waals surface area contributed by atoms with Gasteiger partial charge in [0.25, 0.3) is 0 Å². The molecule has 1 aromatic carbocycles. The van der Waals surface area contributed by atoms with Crippen LogP contribution in [0.25, 0.3) is 10.6 Å². The normalized spacial score (nSPS) is 12.7. The minimum absolute atomic E-state index is 0.240. The molecule has 1 aromatic heterocycles. The van der Waals surface area contributed by atoms with E-state index < -0.39 is 0 Å². The molecule has 0 amide bonds. The van der Waals surface area contributed by atoms with E-state index in [9.17, 15) is 4.39 Å². The highest BCUT2D eigenvalue weighted by molar-refractivity contribution is 9.10. The quantitative estimate of drug-likeness (QED) is 0.900. The van der Waals surface area contributed by atoms with E-state index in [0.717, 1.165) is 22.8 Å². The number of hydrogen-bond acceptors (Lipinski definition) is 3. The molecule has 18 heavy (non-hydrogen) atoms. The molecule has 2 rings (SSSR count). The Morgan fingerprint density at radius 1 is 1.50 bits per heavy atom. The van der Waals surface area contributed by atoms with Crippen LogP contribution in [0.4, 0.5) is 4.39 Å². The Morgan fingerprint density at radius 3 is 2.94 bits per heavy atom. The molecule has 0 aliphatic carbocycles. The zero-order valence-corrected chi connectivity index (χ0v) is 12.6. The third-order valence-electron chi connectivity index (χ3n) is 2.64. The van der Waals surface area contributed by atoms with Crippen LogP contribution in [0.5, 0.6) is 0 Å². The number of halogens is 2. The first kappa shape index (κ1) is 13.6. The summed E-state index contributed by atoms with van der Waals surface area (Å²) in [5.74, 6) is -0.253. The second-order valence-electron chi connectivity index (χ2n) is 3.99. The van der Waals surface area contributed by atoms with Crippen molar-refractivity contribution >= 4 is 27.3 Å². The summed E-state index contributed by atoms with van der Waals surface area (Å²) < 4.78 is 13.6. The molecule has 1 N–H and O–H groups in total. The van der Waals surface area contributed by atoms with E-state index in [-0.39, 0.29) is 11.9 Å². The van der Waals surface area contributed by atoms with Crippen LogP contribution in [-0.4, -0.2) is 11.5 Å². The average molecular weight is 329 g/mol. The average Bonchev–Trinajstić information content (AvgIpc) is 2.82. The SMILES string of the molecule is CCNC(C)c1csc(-c2ccc(F)c(Br)c2)n1. The van der Waals surface area contributed by atoms with Gasteiger partial charge in [0, 0.05) is 17.0 Å². The Balaban J connectivity index is 2.26. The Bertz CT molecular complexity index is 542. The van der Waals surface area contributed by atoms with Gasteiger partial charge in [-0.2, -0.15) is 0 Å². The van der Waals surface area contributed by atoms with E-state index in [2.05, 4.69) is 40.1 Å². The van der Waals surface area contributed by atoms with Crippen molar-refractivity contribution in [1.29, 1.82) is 0 Å². The molecule has 1 heterocycles. The van der Waals surface area contributed by atoms with E-state index in [1.165, 1.54) is 6.07 Å². The molecule has 0 radical (unpaired) electrons. The summed E-state index contributed by atoms with van der Waals surface area (Å²) in [7, 11) is 0. The predicted molar refractivity (Wildman–Crippen MR) is 77.3 cm³/mol. The molecule has 0 saturated heterocycles. The van der Waals surface area contributed by atoms with E-state index in [4.69, 9.17) is 0 Å². The van der Waals surface area contributed by atoms with Gasteiger partial charge in [0.15, 0.2) is 0 Å². The fraction of sp³-hybridized carbons (Fsp3) is 0.308. The van der Waals surface area contributed by atoms with Crippen molar-refractivity contribution < 1.29 is 4.39 Å². The lowest BCUT2D eigenvalue weighted by molar-refractivity contribution is 0.587. The summed E-state index contributed by atoms with van der Waals surface area (Å²) in [5, 5.41) is 6.28. The molecule has 96 valence electrons. The van der Waals surface area contributed by atoms with E-state index in [0.29, 0.717) is 4.47 Å². The molecule has 0 fully saturated rings. The highest BCUT2D eigenvalue weighted by Crippen LogP contribution is 2.29. The summed E-state index contributed by atoms with van der Waals surface area (Å²) in [6, 6.07) is 5.20. The largest absolute Gasteiger partial charge is 0.309 e. The first-order chi connectivity index (χ1) is 8.61. The third kappa shape index (κ3) is 2.96. The van der Waals surface area contributed by atoms with Crippen LogP contribution in [0.15, 0.2) is 28.1 Å². The Hall–Kier alpha value is -0.780. The van der Waals surface area contributed by atoms with Crippen molar-refractivity contribution in [3.63, 3.8) is 0 Å². The van der Waals surface area contributed by atoms with E-state index in [1.807, 2.05) is 5.38 Å². The number of nitrogens with one attached hydrogen (secondary N) is 1. The Morgan fingerprint density at radius 2 is 2.28 bits per heavy atom. The van der Waals surface area contributed by atoms with Crippen molar-refractivity contribution in [2.75, 3.05) is 6.54 Å². The number of thiazole rings is 1. The second kappa shape index (κ2) is 5.91. The number of benzene rings is 1. The molecule has 0 spiro atoms. The van der Waals surface area contributed by atoms with Gasteiger partial charge in [0.05, 0.1) is 10.2 Å². The highest BCUT2D eigenvalue weighted by atomic mass is 79.9. The molecule has 0 aliphatic heterocycles. The van der Waals surface area contributed by atoms with Crippen molar-refractivity contribution in [1.82, 2.24) is 10.3 Å². The molecule has 2 aromatic rings. The predicted octanol–water partition coefficient (Wildman–Crippen LogP) is 4.38. The van der Waals surface area contributed by atoms with Gasteiger partial charge in [-0.25, -0.2) is 9.37 Å². The number of hydrogen-bond donors (Lipinski definition) is 1. The molecular weight excluding hydrogens is 315 g/mol. The number of nitrogens with zero attached hydrogens (tertiary/aromatic N) is 1. The maximum Gasteiger partial charge on any atom is 0.137 e. The molecular formula is C13H14BrFN2S. The number of rotatable bonds is 4. The molecule has 2 nitrogen and oxygen atoms in total. The first-order valence-electron chi connectivity index (χ1n) is 5.76. The van der Waals surface area contributed by atoms with Crippen LogP contribution in [0, 0.1) is 5.82 Å². The molecule has 1 atom stereocenters. The summed E-state index contributed by atoms with van der Waals surface area (Å²) in [4.78, 5) is 4.58. The van der Waals surface area contributed by atoms with Gasteiger partial charge >= 0.3 is 0 Å². The van der Waals surface area contributed by atoms with Crippen LogP contribution >= 0.6 is 27.3 Å². The lowest BCUT2D eigenvalue weighted by Crippen LogP contribution is -2.17. The topological polar surface area (TPSA) is 24.9 Å².